The van der Waals surface area contributed by atoms with Gasteiger partial charge in [0.05, 0.1) is 12.3 Å². The Morgan fingerprint density at radius 3 is 2.38 bits per heavy atom. The van der Waals surface area contributed by atoms with Crippen LogP contribution in [0.4, 0.5) is 11.4 Å². The van der Waals surface area contributed by atoms with Gasteiger partial charge in [0.15, 0.2) is 0 Å². The number of sulfonamides is 1. The fourth-order valence-electron chi connectivity index (χ4n) is 2.59. The molecule has 0 unspecified atom stereocenters. The lowest BCUT2D eigenvalue weighted by atomic mass is 10.3. The molecule has 29 heavy (non-hydrogen) atoms. The number of amides is 1. The average molecular weight is 451 g/mol. The standard InChI is InChI=1S/C20H19ClN2O4S2/c1-3-27-17-10-8-16(9-11-17)23(2)29(25,26)18-12-13-28-19(18)20(24)22-15-6-4-14(21)5-7-15/h4-13H,3H2,1-2H3,(H,22,24). The first-order chi connectivity index (χ1) is 13.8. The molecule has 0 aliphatic rings. The molecule has 9 heteroatoms. The van der Waals surface area contributed by atoms with Gasteiger partial charge in [-0.1, -0.05) is 11.6 Å². The van der Waals surface area contributed by atoms with Crippen molar-refractivity contribution in [2.24, 2.45) is 0 Å². The summed E-state index contributed by atoms with van der Waals surface area (Å²) in [5.41, 5.74) is 0.986. The fourth-order valence-corrected chi connectivity index (χ4v) is 5.21. The number of hydrogen-bond donors (Lipinski definition) is 1. The van der Waals surface area contributed by atoms with Gasteiger partial charge in [0.25, 0.3) is 15.9 Å². The Labute approximate surface area is 178 Å². The number of ether oxygens (including phenoxy) is 1. The van der Waals surface area contributed by atoms with Gasteiger partial charge >= 0.3 is 0 Å². The number of carbonyl (C=O) groups is 1. The summed E-state index contributed by atoms with van der Waals surface area (Å²) in [6.07, 6.45) is 0. The summed E-state index contributed by atoms with van der Waals surface area (Å²) in [5.74, 6) is 0.154. The lowest BCUT2D eigenvalue weighted by Gasteiger charge is -2.20. The molecule has 0 bridgehead atoms. The molecule has 152 valence electrons. The largest absolute Gasteiger partial charge is 0.494 e. The minimum atomic E-state index is -3.93. The molecular formula is C20H19ClN2O4S2. The molecule has 0 fully saturated rings. The molecule has 1 amide bonds. The van der Waals surface area contributed by atoms with Crippen LogP contribution in [0.1, 0.15) is 16.6 Å². The van der Waals surface area contributed by atoms with Crippen LogP contribution >= 0.6 is 22.9 Å². The van der Waals surface area contributed by atoms with Gasteiger partial charge in [0, 0.05) is 17.8 Å². The zero-order chi connectivity index (χ0) is 21.0. The lowest BCUT2D eigenvalue weighted by Crippen LogP contribution is -2.28. The van der Waals surface area contributed by atoms with E-state index in [0.29, 0.717) is 28.8 Å². The van der Waals surface area contributed by atoms with Gasteiger partial charge in [0.2, 0.25) is 0 Å². The van der Waals surface area contributed by atoms with Crippen LogP contribution < -0.4 is 14.4 Å². The van der Waals surface area contributed by atoms with E-state index < -0.39 is 15.9 Å². The minimum Gasteiger partial charge on any atom is -0.494 e. The summed E-state index contributed by atoms with van der Waals surface area (Å²) < 4.78 is 32.8. The highest BCUT2D eigenvalue weighted by molar-refractivity contribution is 7.93. The molecule has 0 spiro atoms. The van der Waals surface area contributed by atoms with E-state index in [2.05, 4.69) is 5.32 Å². The number of nitrogens with zero attached hydrogens (tertiary/aromatic N) is 1. The van der Waals surface area contributed by atoms with E-state index in [-0.39, 0.29) is 9.77 Å². The molecule has 1 heterocycles. The number of hydrogen-bond acceptors (Lipinski definition) is 5. The van der Waals surface area contributed by atoms with Crippen LogP contribution in [0.3, 0.4) is 0 Å². The number of nitrogens with one attached hydrogen (secondary N) is 1. The lowest BCUT2D eigenvalue weighted by molar-refractivity contribution is 0.102. The Morgan fingerprint density at radius 1 is 1.10 bits per heavy atom. The van der Waals surface area contributed by atoms with E-state index in [1.165, 1.54) is 13.1 Å². The maximum Gasteiger partial charge on any atom is 0.267 e. The number of benzene rings is 2. The zero-order valence-electron chi connectivity index (χ0n) is 15.8. The van der Waals surface area contributed by atoms with Crippen LogP contribution in [0.15, 0.2) is 64.9 Å². The summed E-state index contributed by atoms with van der Waals surface area (Å²) in [6, 6.07) is 14.7. The SMILES string of the molecule is CCOc1ccc(N(C)S(=O)(=O)c2ccsc2C(=O)Nc2ccc(Cl)cc2)cc1. The Morgan fingerprint density at radius 2 is 1.76 bits per heavy atom. The van der Waals surface area contributed by atoms with E-state index in [1.807, 2.05) is 6.92 Å². The van der Waals surface area contributed by atoms with E-state index in [4.69, 9.17) is 16.3 Å². The third-order valence-corrected chi connectivity index (χ3v) is 7.21. The van der Waals surface area contributed by atoms with Crippen LogP contribution in [0.25, 0.3) is 0 Å². The molecule has 0 saturated carbocycles. The Hall–Kier alpha value is -2.55. The first kappa shape index (κ1) is 21.2. The average Bonchev–Trinajstić information content (AvgIpc) is 3.21. The predicted octanol–water partition coefficient (Wildman–Crippen LogP) is 4.88. The van der Waals surface area contributed by atoms with Crippen molar-refractivity contribution in [3.8, 4) is 5.75 Å². The van der Waals surface area contributed by atoms with Crippen LogP contribution in [0.5, 0.6) is 5.75 Å². The molecule has 0 aliphatic carbocycles. The summed E-state index contributed by atoms with van der Waals surface area (Å²) in [7, 11) is -2.48. The van der Waals surface area contributed by atoms with Crippen molar-refractivity contribution < 1.29 is 17.9 Å². The number of anilines is 2. The van der Waals surface area contributed by atoms with Gasteiger partial charge in [-0.2, -0.15) is 0 Å². The molecule has 6 nitrogen and oxygen atoms in total. The molecule has 0 saturated heterocycles. The topological polar surface area (TPSA) is 75.7 Å². The maximum absolute atomic E-state index is 13.1. The molecule has 0 aliphatic heterocycles. The number of carbonyl (C=O) groups excluding carboxylic acids is 1. The number of thiophene rings is 1. The Balaban J connectivity index is 1.85. The van der Waals surface area contributed by atoms with Gasteiger partial charge in [-0.15, -0.1) is 11.3 Å². The van der Waals surface area contributed by atoms with Gasteiger partial charge in [0.1, 0.15) is 15.5 Å². The highest BCUT2D eigenvalue weighted by atomic mass is 35.5. The van der Waals surface area contributed by atoms with Gasteiger partial charge in [-0.05, 0) is 66.9 Å². The maximum atomic E-state index is 13.1. The summed E-state index contributed by atoms with van der Waals surface area (Å²) >= 11 is 6.91. The molecule has 2 aromatic carbocycles. The highest BCUT2D eigenvalue weighted by Crippen LogP contribution is 2.29. The van der Waals surface area contributed by atoms with Crippen LogP contribution in [-0.4, -0.2) is 28.0 Å². The molecule has 1 N–H and O–H groups in total. The van der Waals surface area contributed by atoms with Crippen molar-refractivity contribution in [1.29, 1.82) is 0 Å². The smallest absolute Gasteiger partial charge is 0.267 e. The molecule has 3 rings (SSSR count). The van der Waals surface area contributed by atoms with Crippen molar-refractivity contribution in [2.45, 2.75) is 11.8 Å². The molecule has 0 atom stereocenters. The molecule has 3 aromatic rings. The predicted molar refractivity (Wildman–Crippen MR) is 117 cm³/mol. The molecule has 1 aromatic heterocycles. The first-order valence-corrected chi connectivity index (χ1v) is 11.4. The minimum absolute atomic E-state index is 0.0506. The van der Waals surface area contributed by atoms with Crippen molar-refractivity contribution >= 4 is 50.2 Å². The van der Waals surface area contributed by atoms with Crippen LogP contribution in [0.2, 0.25) is 5.02 Å². The first-order valence-electron chi connectivity index (χ1n) is 8.69. The van der Waals surface area contributed by atoms with Crippen LogP contribution in [-0.2, 0) is 10.0 Å². The second-order valence-electron chi connectivity index (χ2n) is 5.97. The van der Waals surface area contributed by atoms with Crippen molar-refractivity contribution in [1.82, 2.24) is 0 Å². The third-order valence-electron chi connectivity index (χ3n) is 4.09. The van der Waals surface area contributed by atoms with E-state index in [1.54, 1.807) is 53.9 Å². The zero-order valence-corrected chi connectivity index (χ0v) is 18.1. The third kappa shape index (κ3) is 4.72. The monoisotopic (exact) mass is 450 g/mol. The van der Waals surface area contributed by atoms with Crippen molar-refractivity contribution in [2.75, 3.05) is 23.3 Å². The quantitative estimate of drug-likeness (QED) is 0.556. The Kier molecular flexibility index (Phi) is 6.46. The number of halogens is 1. The molecular weight excluding hydrogens is 432 g/mol. The number of rotatable bonds is 7. The van der Waals surface area contributed by atoms with Gasteiger partial charge in [-0.25, -0.2) is 8.42 Å². The second-order valence-corrected chi connectivity index (χ2v) is 9.26. The van der Waals surface area contributed by atoms with Crippen LogP contribution in [0, 0.1) is 0 Å². The molecule has 0 radical (unpaired) electrons. The van der Waals surface area contributed by atoms with Crippen molar-refractivity contribution in [3.05, 3.63) is 69.9 Å². The highest BCUT2D eigenvalue weighted by Gasteiger charge is 2.28. The summed E-state index contributed by atoms with van der Waals surface area (Å²) in [4.78, 5) is 12.7. The summed E-state index contributed by atoms with van der Waals surface area (Å²) in [5, 5.41) is 4.82. The van der Waals surface area contributed by atoms with Gasteiger partial charge in [-0.3, -0.25) is 9.10 Å². The van der Waals surface area contributed by atoms with E-state index in [9.17, 15) is 13.2 Å². The van der Waals surface area contributed by atoms with E-state index in [0.717, 1.165) is 15.6 Å². The summed E-state index contributed by atoms with van der Waals surface area (Å²) in [6.45, 7) is 2.39. The van der Waals surface area contributed by atoms with Crippen molar-refractivity contribution in [3.63, 3.8) is 0 Å². The Bertz CT molecular complexity index is 1090. The fraction of sp³-hybridized carbons (Fsp3) is 0.150. The van der Waals surface area contributed by atoms with E-state index >= 15 is 0 Å². The second kappa shape index (κ2) is 8.86. The normalized spacial score (nSPS) is 11.1. The van der Waals surface area contributed by atoms with Gasteiger partial charge < -0.3 is 10.1 Å².